The van der Waals surface area contributed by atoms with Crippen LogP contribution in [0.15, 0.2) is 39.6 Å². The van der Waals surface area contributed by atoms with E-state index in [2.05, 4.69) is 32.8 Å². The number of aromatic amines is 1. The van der Waals surface area contributed by atoms with Crippen LogP contribution in [0, 0.1) is 0 Å². The van der Waals surface area contributed by atoms with E-state index in [0.29, 0.717) is 24.2 Å². The van der Waals surface area contributed by atoms with Crippen LogP contribution < -0.4 is 10.5 Å². The third-order valence-corrected chi connectivity index (χ3v) is 6.17. The molecule has 128 valence electrons. The first-order valence-electron chi connectivity index (χ1n) is 8.13. The van der Waals surface area contributed by atoms with E-state index in [0.717, 1.165) is 26.3 Å². The Kier molecular flexibility index (Phi) is 4.21. The highest BCUT2D eigenvalue weighted by Gasteiger charge is 2.33. The molecule has 4 rings (SSSR count). The quantitative estimate of drug-likeness (QED) is 0.703. The molecule has 0 aliphatic carbocycles. The predicted molar refractivity (Wildman–Crippen MR) is 103 cm³/mol. The van der Waals surface area contributed by atoms with Crippen molar-refractivity contribution in [1.29, 1.82) is 0 Å². The molecule has 5 nitrogen and oxygen atoms in total. The lowest BCUT2D eigenvalue weighted by Gasteiger charge is -2.16. The second-order valence-electron chi connectivity index (χ2n) is 6.12. The van der Waals surface area contributed by atoms with Gasteiger partial charge in [0.05, 0.1) is 5.39 Å². The highest BCUT2D eigenvalue weighted by atomic mass is 79.9. The van der Waals surface area contributed by atoms with Crippen LogP contribution in [0.25, 0.3) is 10.2 Å². The molecule has 0 spiro atoms. The molecule has 3 aromatic rings. The lowest BCUT2D eigenvalue weighted by atomic mass is 10.1. The number of halogens is 1. The lowest BCUT2D eigenvalue weighted by Crippen LogP contribution is -2.24. The molecular formula is C18H16BrN3O2S. The maximum absolute atomic E-state index is 12.4. The minimum absolute atomic E-state index is 0.0514. The monoisotopic (exact) mass is 417 g/mol. The normalized spacial score (nSPS) is 17.6. The van der Waals surface area contributed by atoms with Crippen molar-refractivity contribution in [2.45, 2.75) is 25.7 Å². The van der Waals surface area contributed by atoms with E-state index in [1.165, 1.54) is 0 Å². The van der Waals surface area contributed by atoms with Crippen LogP contribution in [-0.2, 0) is 11.2 Å². The number of nitrogens with zero attached hydrogens (tertiary/aromatic N) is 2. The summed E-state index contributed by atoms with van der Waals surface area (Å²) in [6.45, 7) is 2.59. The van der Waals surface area contributed by atoms with E-state index in [4.69, 9.17) is 0 Å². The average molecular weight is 418 g/mol. The number of fused-ring (bicyclic) bond motifs is 1. The summed E-state index contributed by atoms with van der Waals surface area (Å²) < 4.78 is 0.973. The van der Waals surface area contributed by atoms with Crippen molar-refractivity contribution in [3.8, 4) is 0 Å². The summed E-state index contributed by atoms with van der Waals surface area (Å²) in [6, 6.07) is 9.57. The zero-order valence-electron chi connectivity index (χ0n) is 13.6. The van der Waals surface area contributed by atoms with Gasteiger partial charge in [0.1, 0.15) is 10.7 Å². The highest BCUT2D eigenvalue weighted by Crippen LogP contribution is 2.31. The molecule has 0 radical (unpaired) electrons. The summed E-state index contributed by atoms with van der Waals surface area (Å²) in [7, 11) is 0. The van der Waals surface area contributed by atoms with Gasteiger partial charge in [-0.3, -0.25) is 9.59 Å². The van der Waals surface area contributed by atoms with E-state index in [1.54, 1.807) is 16.2 Å². The predicted octanol–water partition coefficient (Wildman–Crippen LogP) is 3.83. The first-order chi connectivity index (χ1) is 12.0. The maximum Gasteiger partial charge on any atom is 0.259 e. The lowest BCUT2D eigenvalue weighted by molar-refractivity contribution is -0.117. The molecule has 2 aromatic heterocycles. The number of hydrogen-bond acceptors (Lipinski definition) is 4. The number of aromatic nitrogens is 2. The average Bonchev–Trinajstić information content (AvgIpc) is 3.19. The fourth-order valence-corrected chi connectivity index (χ4v) is 4.37. The minimum atomic E-state index is -0.120. The smallest absolute Gasteiger partial charge is 0.259 e. The van der Waals surface area contributed by atoms with Gasteiger partial charge in [-0.25, -0.2) is 4.98 Å². The van der Waals surface area contributed by atoms with Gasteiger partial charge in [-0.2, -0.15) is 0 Å². The van der Waals surface area contributed by atoms with Crippen LogP contribution >= 0.6 is 27.3 Å². The van der Waals surface area contributed by atoms with E-state index >= 15 is 0 Å². The van der Waals surface area contributed by atoms with Crippen molar-refractivity contribution in [2.24, 2.45) is 0 Å². The van der Waals surface area contributed by atoms with Crippen LogP contribution in [0.2, 0.25) is 0 Å². The molecule has 1 amide bonds. The number of amides is 1. The molecule has 0 bridgehead atoms. The number of benzene rings is 1. The van der Waals surface area contributed by atoms with Crippen LogP contribution in [0.3, 0.4) is 0 Å². The van der Waals surface area contributed by atoms with Crippen LogP contribution in [0.1, 0.15) is 30.0 Å². The van der Waals surface area contributed by atoms with Crippen molar-refractivity contribution in [3.63, 3.8) is 0 Å². The van der Waals surface area contributed by atoms with Gasteiger partial charge in [-0.05, 0) is 36.8 Å². The number of aryl methyl sites for hydroxylation is 1. The van der Waals surface area contributed by atoms with E-state index in [-0.39, 0.29) is 17.4 Å². The minimum Gasteiger partial charge on any atom is -0.312 e. The van der Waals surface area contributed by atoms with Gasteiger partial charge in [-0.1, -0.05) is 22.9 Å². The molecule has 0 saturated carbocycles. The standard InChI is InChI=1S/C18H16BrN3O2S/c1-2-13-8-14-17(24)20-16(21-18(14)25-13)10-7-15(23)22(9-10)12-5-3-11(19)4-6-12/h3-6,8,10H,2,7,9H2,1H3,(H,20,21,24). The molecule has 1 fully saturated rings. The molecule has 1 atom stereocenters. The fourth-order valence-electron chi connectivity index (χ4n) is 3.13. The van der Waals surface area contributed by atoms with Crippen LogP contribution in [0.4, 0.5) is 5.69 Å². The molecule has 1 unspecified atom stereocenters. The van der Waals surface area contributed by atoms with Gasteiger partial charge < -0.3 is 9.88 Å². The molecule has 1 N–H and O–H groups in total. The number of thiophene rings is 1. The Hall–Kier alpha value is -1.99. The molecule has 3 heterocycles. The van der Waals surface area contributed by atoms with Crippen molar-refractivity contribution in [2.75, 3.05) is 11.4 Å². The Balaban J connectivity index is 1.66. The van der Waals surface area contributed by atoms with Crippen LogP contribution in [0.5, 0.6) is 0 Å². The number of rotatable bonds is 3. The number of nitrogens with one attached hydrogen (secondary N) is 1. The summed E-state index contributed by atoms with van der Waals surface area (Å²) >= 11 is 4.95. The van der Waals surface area contributed by atoms with Gasteiger partial charge >= 0.3 is 0 Å². The zero-order chi connectivity index (χ0) is 17.6. The third-order valence-electron chi connectivity index (χ3n) is 4.47. The fraction of sp³-hybridized carbons (Fsp3) is 0.278. The van der Waals surface area contributed by atoms with Crippen molar-refractivity contribution >= 4 is 49.1 Å². The number of carbonyl (C=O) groups excluding carboxylic acids is 1. The summed E-state index contributed by atoms with van der Waals surface area (Å²) in [5, 5.41) is 0.639. The van der Waals surface area contributed by atoms with E-state index in [1.807, 2.05) is 30.3 Å². The van der Waals surface area contributed by atoms with Gasteiger partial charge in [0.25, 0.3) is 5.56 Å². The van der Waals surface area contributed by atoms with E-state index < -0.39 is 0 Å². The molecule has 7 heteroatoms. The first-order valence-corrected chi connectivity index (χ1v) is 9.74. The SMILES string of the molecule is CCc1cc2c(=O)[nH]c(C3CC(=O)N(c4ccc(Br)cc4)C3)nc2s1. The number of H-pyrrole nitrogens is 1. The Morgan fingerprint density at radius 1 is 1.32 bits per heavy atom. The van der Waals surface area contributed by atoms with Crippen molar-refractivity contribution < 1.29 is 4.79 Å². The second-order valence-corrected chi connectivity index (χ2v) is 8.15. The van der Waals surface area contributed by atoms with Gasteiger partial charge in [0.2, 0.25) is 5.91 Å². The Labute approximate surface area is 156 Å². The van der Waals surface area contributed by atoms with Crippen LogP contribution in [-0.4, -0.2) is 22.4 Å². The Morgan fingerprint density at radius 2 is 2.08 bits per heavy atom. The molecule has 1 aliphatic heterocycles. The molecule has 1 aromatic carbocycles. The second kappa shape index (κ2) is 6.38. The number of hydrogen-bond donors (Lipinski definition) is 1. The summed E-state index contributed by atoms with van der Waals surface area (Å²) in [5.41, 5.74) is 0.744. The van der Waals surface area contributed by atoms with Crippen molar-refractivity contribution in [3.05, 3.63) is 55.9 Å². The zero-order valence-corrected chi connectivity index (χ0v) is 16.0. The third kappa shape index (κ3) is 3.02. The van der Waals surface area contributed by atoms with Crippen molar-refractivity contribution in [1.82, 2.24) is 9.97 Å². The van der Waals surface area contributed by atoms with Gasteiger partial charge in [0, 0.05) is 33.9 Å². The molecule has 25 heavy (non-hydrogen) atoms. The number of anilines is 1. The molecule has 1 saturated heterocycles. The maximum atomic E-state index is 12.4. The molecular weight excluding hydrogens is 402 g/mol. The van der Waals surface area contributed by atoms with Gasteiger partial charge in [0.15, 0.2) is 0 Å². The topological polar surface area (TPSA) is 66.1 Å². The number of carbonyl (C=O) groups is 1. The highest BCUT2D eigenvalue weighted by molar-refractivity contribution is 9.10. The van der Waals surface area contributed by atoms with Gasteiger partial charge in [-0.15, -0.1) is 11.3 Å². The Bertz CT molecular complexity index is 1010. The van der Waals surface area contributed by atoms with E-state index in [9.17, 15) is 9.59 Å². The summed E-state index contributed by atoms with van der Waals surface area (Å²) in [5.74, 6) is 0.561. The summed E-state index contributed by atoms with van der Waals surface area (Å²) in [6.07, 6.45) is 1.24. The largest absolute Gasteiger partial charge is 0.312 e. The first kappa shape index (κ1) is 16.5. The molecule has 1 aliphatic rings. The Morgan fingerprint density at radius 3 is 2.80 bits per heavy atom. The summed E-state index contributed by atoms with van der Waals surface area (Å²) in [4.78, 5) is 36.0.